The molecule has 0 saturated carbocycles. The summed E-state index contributed by atoms with van der Waals surface area (Å²) in [6.07, 6.45) is 2.46. The molecular weight excluding hydrogens is 316 g/mol. The van der Waals surface area contributed by atoms with Crippen molar-refractivity contribution in [1.29, 1.82) is 0 Å². The van der Waals surface area contributed by atoms with Crippen molar-refractivity contribution in [3.05, 3.63) is 29.3 Å². The largest absolute Gasteiger partial charge is 0.368 e. The zero-order chi connectivity index (χ0) is 16.7. The molecule has 0 atom stereocenters. The van der Waals surface area contributed by atoms with Gasteiger partial charge in [0.1, 0.15) is 0 Å². The number of rotatable bonds is 8. The van der Waals surface area contributed by atoms with E-state index in [4.69, 9.17) is 17.3 Å². The second kappa shape index (κ2) is 8.74. The van der Waals surface area contributed by atoms with Crippen LogP contribution in [0.5, 0.6) is 0 Å². The van der Waals surface area contributed by atoms with Crippen LogP contribution >= 0.6 is 11.6 Å². The molecule has 1 heterocycles. The number of nitrogens with zero attached hydrogens (tertiary/aromatic N) is 2. The molecule has 1 aromatic rings. The molecule has 0 unspecified atom stereocenters. The summed E-state index contributed by atoms with van der Waals surface area (Å²) in [7, 11) is 0. The van der Waals surface area contributed by atoms with Gasteiger partial charge in [-0.2, -0.15) is 0 Å². The molecule has 23 heavy (non-hydrogen) atoms. The number of benzene rings is 1. The fourth-order valence-electron chi connectivity index (χ4n) is 2.69. The van der Waals surface area contributed by atoms with Crippen molar-refractivity contribution < 1.29 is 9.59 Å². The van der Waals surface area contributed by atoms with E-state index in [-0.39, 0.29) is 19.0 Å². The third-order valence-electron chi connectivity index (χ3n) is 3.80. The maximum absolute atomic E-state index is 12.1. The number of hydrogen-bond donors (Lipinski definition) is 2. The Bertz CT molecular complexity index is 547. The predicted molar refractivity (Wildman–Crippen MR) is 91.5 cm³/mol. The summed E-state index contributed by atoms with van der Waals surface area (Å²) >= 11 is 5.97. The minimum atomic E-state index is -0.491. The summed E-state index contributed by atoms with van der Waals surface area (Å²) in [5, 5.41) is 3.44. The van der Waals surface area contributed by atoms with Crippen molar-refractivity contribution >= 4 is 29.1 Å². The molecule has 1 aromatic carbocycles. The molecule has 6 nitrogen and oxygen atoms in total. The SMILES string of the molecule is NC(=O)CN(CC(=O)NCCN1CCCC1)c1cccc(Cl)c1. The standard InChI is InChI=1S/C16H23ClN4O2/c17-13-4-3-5-14(10-13)21(11-15(18)22)12-16(23)19-6-9-20-7-1-2-8-20/h3-5,10H,1-2,6-9,11-12H2,(H2,18,22)(H,19,23). The Balaban J connectivity index is 1.86. The van der Waals surface area contributed by atoms with Crippen LogP contribution in [0.25, 0.3) is 0 Å². The second-order valence-electron chi connectivity index (χ2n) is 5.70. The maximum Gasteiger partial charge on any atom is 0.239 e. The lowest BCUT2D eigenvalue weighted by molar-refractivity contribution is -0.119. The number of nitrogens with one attached hydrogen (secondary N) is 1. The summed E-state index contributed by atoms with van der Waals surface area (Å²) in [5.74, 6) is -0.625. The van der Waals surface area contributed by atoms with Crippen LogP contribution in [-0.2, 0) is 9.59 Å². The zero-order valence-corrected chi connectivity index (χ0v) is 13.9. The molecule has 126 valence electrons. The van der Waals surface area contributed by atoms with Gasteiger partial charge in [0.15, 0.2) is 0 Å². The van der Waals surface area contributed by atoms with Gasteiger partial charge < -0.3 is 20.9 Å². The number of hydrogen-bond acceptors (Lipinski definition) is 4. The fraction of sp³-hybridized carbons (Fsp3) is 0.500. The summed E-state index contributed by atoms with van der Waals surface area (Å²) in [5.41, 5.74) is 5.98. The average molecular weight is 339 g/mol. The third-order valence-corrected chi connectivity index (χ3v) is 4.04. The second-order valence-corrected chi connectivity index (χ2v) is 6.14. The quantitative estimate of drug-likeness (QED) is 0.736. The molecule has 3 N–H and O–H groups in total. The van der Waals surface area contributed by atoms with Gasteiger partial charge in [-0.05, 0) is 44.1 Å². The lowest BCUT2D eigenvalue weighted by Gasteiger charge is -2.23. The van der Waals surface area contributed by atoms with E-state index < -0.39 is 5.91 Å². The number of nitrogens with two attached hydrogens (primary N) is 1. The van der Waals surface area contributed by atoms with Gasteiger partial charge in [-0.25, -0.2) is 0 Å². The Morgan fingerprint density at radius 3 is 2.65 bits per heavy atom. The summed E-state index contributed by atoms with van der Waals surface area (Å²) in [4.78, 5) is 27.3. The first-order chi connectivity index (χ1) is 11.0. The van der Waals surface area contributed by atoms with Crippen molar-refractivity contribution in [3.63, 3.8) is 0 Å². The first kappa shape index (κ1) is 17.6. The van der Waals surface area contributed by atoms with Gasteiger partial charge in [-0.1, -0.05) is 17.7 Å². The lowest BCUT2D eigenvalue weighted by Crippen LogP contribution is -2.43. The predicted octanol–water partition coefficient (Wildman–Crippen LogP) is 0.844. The molecule has 0 bridgehead atoms. The van der Waals surface area contributed by atoms with Gasteiger partial charge in [-0.3, -0.25) is 9.59 Å². The van der Waals surface area contributed by atoms with Crippen LogP contribution in [0.2, 0.25) is 5.02 Å². The van der Waals surface area contributed by atoms with Gasteiger partial charge >= 0.3 is 0 Å². The Morgan fingerprint density at radius 2 is 2.00 bits per heavy atom. The molecule has 1 aliphatic heterocycles. The zero-order valence-electron chi connectivity index (χ0n) is 13.1. The molecule has 7 heteroatoms. The van der Waals surface area contributed by atoms with Crippen molar-refractivity contribution in [2.24, 2.45) is 5.73 Å². The van der Waals surface area contributed by atoms with E-state index in [0.29, 0.717) is 17.3 Å². The number of amides is 2. The normalized spacial score (nSPS) is 14.7. The van der Waals surface area contributed by atoms with Crippen molar-refractivity contribution in [2.45, 2.75) is 12.8 Å². The van der Waals surface area contributed by atoms with Crippen LogP contribution in [0.4, 0.5) is 5.69 Å². The highest BCUT2D eigenvalue weighted by Gasteiger charge is 2.15. The van der Waals surface area contributed by atoms with E-state index in [9.17, 15) is 9.59 Å². The minimum Gasteiger partial charge on any atom is -0.368 e. The monoisotopic (exact) mass is 338 g/mol. The first-order valence-corrected chi connectivity index (χ1v) is 8.20. The van der Waals surface area contributed by atoms with Gasteiger partial charge in [0.25, 0.3) is 0 Å². The molecule has 2 amide bonds. The van der Waals surface area contributed by atoms with Crippen LogP contribution in [0.3, 0.4) is 0 Å². The number of carbonyl (C=O) groups excluding carboxylic acids is 2. The van der Waals surface area contributed by atoms with E-state index in [1.54, 1.807) is 29.2 Å². The molecular formula is C16H23ClN4O2. The fourth-order valence-corrected chi connectivity index (χ4v) is 2.87. The minimum absolute atomic E-state index is 0.0279. The Morgan fingerprint density at radius 1 is 1.26 bits per heavy atom. The molecule has 1 aliphatic rings. The number of halogens is 1. The maximum atomic E-state index is 12.1. The smallest absolute Gasteiger partial charge is 0.239 e. The van der Waals surface area contributed by atoms with Crippen molar-refractivity contribution in [2.75, 3.05) is 44.2 Å². The van der Waals surface area contributed by atoms with Gasteiger partial charge in [0, 0.05) is 23.8 Å². The summed E-state index contributed by atoms with van der Waals surface area (Å²) < 4.78 is 0. The molecule has 1 saturated heterocycles. The van der Waals surface area contributed by atoms with E-state index in [0.717, 1.165) is 19.6 Å². The molecule has 1 fully saturated rings. The Hall–Kier alpha value is -1.79. The Kier molecular flexibility index (Phi) is 6.67. The highest BCUT2D eigenvalue weighted by atomic mass is 35.5. The van der Waals surface area contributed by atoms with Crippen molar-refractivity contribution in [3.8, 4) is 0 Å². The van der Waals surface area contributed by atoms with E-state index in [1.807, 2.05) is 0 Å². The molecule has 0 aliphatic carbocycles. The topological polar surface area (TPSA) is 78.7 Å². The van der Waals surface area contributed by atoms with E-state index in [2.05, 4.69) is 10.2 Å². The number of anilines is 1. The molecule has 0 aromatic heterocycles. The Labute approximate surface area is 141 Å². The van der Waals surface area contributed by atoms with Crippen molar-refractivity contribution in [1.82, 2.24) is 10.2 Å². The summed E-state index contributed by atoms with van der Waals surface area (Å²) in [6.45, 7) is 3.72. The number of likely N-dealkylation sites (tertiary alicyclic amines) is 1. The number of carbonyl (C=O) groups is 2. The van der Waals surface area contributed by atoms with Crippen LogP contribution in [0.1, 0.15) is 12.8 Å². The molecule has 0 radical (unpaired) electrons. The third kappa shape index (κ3) is 6.08. The number of primary amides is 1. The lowest BCUT2D eigenvalue weighted by atomic mass is 10.2. The highest BCUT2D eigenvalue weighted by Crippen LogP contribution is 2.19. The van der Waals surface area contributed by atoms with Crippen LogP contribution < -0.4 is 16.0 Å². The van der Waals surface area contributed by atoms with Gasteiger partial charge in [0.05, 0.1) is 13.1 Å². The summed E-state index contributed by atoms with van der Waals surface area (Å²) in [6, 6.07) is 7.02. The highest BCUT2D eigenvalue weighted by molar-refractivity contribution is 6.30. The first-order valence-electron chi connectivity index (χ1n) is 7.82. The van der Waals surface area contributed by atoms with Crippen LogP contribution in [0, 0.1) is 0 Å². The molecule has 0 spiro atoms. The van der Waals surface area contributed by atoms with Crippen LogP contribution in [-0.4, -0.2) is 56.0 Å². The van der Waals surface area contributed by atoms with E-state index >= 15 is 0 Å². The van der Waals surface area contributed by atoms with Gasteiger partial charge in [0.2, 0.25) is 11.8 Å². The van der Waals surface area contributed by atoms with Crippen LogP contribution in [0.15, 0.2) is 24.3 Å². The van der Waals surface area contributed by atoms with Gasteiger partial charge in [-0.15, -0.1) is 0 Å². The van der Waals surface area contributed by atoms with E-state index in [1.165, 1.54) is 12.8 Å². The molecule has 2 rings (SSSR count). The average Bonchev–Trinajstić information content (AvgIpc) is 2.99.